The van der Waals surface area contributed by atoms with E-state index >= 15 is 0 Å². The van der Waals surface area contributed by atoms with Crippen molar-refractivity contribution < 1.29 is 13.9 Å². The number of carbonyl (C=O) groups is 1. The van der Waals surface area contributed by atoms with Crippen molar-refractivity contribution in [2.24, 2.45) is 0 Å². The van der Waals surface area contributed by atoms with Crippen molar-refractivity contribution in [3.63, 3.8) is 0 Å². The molecular weight excluding hydrogens is 507 g/mol. The molecule has 5 aromatic rings. The minimum absolute atomic E-state index is 0.171. The van der Waals surface area contributed by atoms with Gasteiger partial charge in [0.2, 0.25) is 5.76 Å². The van der Waals surface area contributed by atoms with Crippen LogP contribution >= 0.6 is 33.1 Å². The molecule has 30 heavy (non-hydrogen) atoms. The zero-order valence-electron chi connectivity index (χ0n) is 16.4. The Bertz CT molecular complexity index is 1350. The highest BCUT2D eigenvalue weighted by molar-refractivity contribution is 14.1. The molecule has 5 rings (SSSR count). The SMILES string of the molecule is Cc1ccc2c(c1)c1cc(C)ccc1[s+]2-c1ccc(OC(=O)c2ccc(I)o2)cc1. The van der Waals surface area contributed by atoms with Crippen LogP contribution in [-0.4, -0.2) is 5.97 Å². The fraction of sp³-hybridized carbons (Fsp3) is 0.0800. The van der Waals surface area contributed by atoms with E-state index in [-0.39, 0.29) is 16.2 Å². The fourth-order valence-corrected chi connectivity index (χ4v) is 6.42. The molecule has 0 saturated heterocycles. The summed E-state index contributed by atoms with van der Waals surface area (Å²) in [6, 6.07) is 24.6. The number of hydrogen-bond donors (Lipinski definition) is 0. The number of hydrogen-bond acceptors (Lipinski definition) is 3. The molecule has 148 valence electrons. The third kappa shape index (κ3) is 3.42. The Hall–Kier alpha value is -2.64. The number of fused-ring (bicyclic) bond motifs is 3. The van der Waals surface area contributed by atoms with E-state index in [1.807, 2.05) is 34.7 Å². The van der Waals surface area contributed by atoms with Crippen molar-refractivity contribution in [2.75, 3.05) is 0 Å². The van der Waals surface area contributed by atoms with Gasteiger partial charge in [0.05, 0.1) is 0 Å². The van der Waals surface area contributed by atoms with Crippen LogP contribution in [0.1, 0.15) is 21.7 Å². The monoisotopic (exact) mass is 525 g/mol. The Balaban J connectivity index is 1.56. The first kappa shape index (κ1) is 19.3. The first-order valence-corrected chi connectivity index (χ1v) is 11.8. The number of halogens is 1. The minimum atomic E-state index is -0.490. The van der Waals surface area contributed by atoms with Gasteiger partial charge in [-0.3, -0.25) is 0 Å². The molecule has 0 atom stereocenters. The zero-order valence-corrected chi connectivity index (χ0v) is 19.4. The number of esters is 1. The highest BCUT2D eigenvalue weighted by Crippen LogP contribution is 2.49. The molecule has 0 radical (unpaired) electrons. The summed E-state index contributed by atoms with van der Waals surface area (Å²) in [6.07, 6.45) is 0. The molecule has 3 nitrogen and oxygen atoms in total. The van der Waals surface area contributed by atoms with Gasteiger partial charge in [-0.15, -0.1) is 0 Å². The van der Waals surface area contributed by atoms with Gasteiger partial charge in [-0.05, 0) is 85.0 Å². The molecule has 0 aliphatic carbocycles. The Labute approximate surface area is 190 Å². The second-order valence-electron chi connectivity index (χ2n) is 7.27. The van der Waals surface area contributed by atoms with Gasteiger partial charge in [0.25, 0.3) is 0 Å². The van der Waals surface area contributed by atoms with Crippen LogP contribution < -0.4 is 4.74 Å². The van der Waals surface area contributed by atoms with E-state index in [0.29, 0.717) is 9.52 Å². The Morgan fingerprint density at radius 3 is 1.97 bits per heavy atom. The van der Waals surface area contributed by atoms with Gasteiger partial charge in [-0.1, -0.05) is 23.3 Å². The Morgan fingerprint density at radius 1 is 0.833 bits per heavy atom. The Morgan fingerprint density at radius 2 is 1.43 bits per heavy atom. The predicted octanol–water partition coefficient (Wildman–Crippen LogP) is 7.76. The largest absolute Gasteiger partial charge is 0.443 e. The molecule has 0 saturated carbocycles. The van der Waals surface area contributed by atoms with Crippen molar-refractivity contribution in [2.45, 2.75) is 13.8 Å². The van der Waals surface area contributed by atoms with E-state index in [1.165, 1.54) is 36.2 Å². The second kappa shape index (κ2) is 7.56. The highest BCUT2D eigenvalue weighted by atomic mass is 127. The summed E-state index contributed by atoms with van der Waals surface area (Å²) < 4.78 is 14.1. The van der Waals surface area contributed by atoms with Gasteiger partial charge < -0.3 is 9.15 Å². The van der Waals surface area contributed by atoms with Crippen molar-refractivity contribution in [3.8, 4) is 10.6 Å². The maximum absolute atomic E-state index is 12.2. The number of carbonyl (C=O) groups excluding carboxylic acids is 1. The summed E-state index contributed by atoms with van der Waals surface area (Å²) in [4.78, 5) is 13.4. The molecule has 2 heterocycles. The first-order valence-electron chi connectivity index (χ1n) is 9.53. The second-order valence-corrected chi connectivity index (χ2v) is 10.3. The number of furan rings is 1. The van der Waals surface area contributed by atoms with Gasteiger partial charge in [0.15, 0.2) is 18.1 Å². The topological polar surface area (TPSA) is 39.4 Å². The third-order valence-corrected chi connectivity index (χ3v) is 7.96. The van der Waals surface area contributed by atoms with Crippen molar-refractivity contribution >= 4 is 59.2 Å². The van der Waals surface area contributed by atoms with Crippen LogP contribution in [0.25, 0.3) is 25.1 Å². The molecule has 0 unspecified atom stereocenters. The lowest BCUT2D eigenvalue weighted by molar-refractivity contribution is 0.0700. The van der Waals surface area contributed by atoms with Crippen LogP contribution in [0.3, 0.4) is 0 Å². The number of aryl methyl sites for hydroxylation is 2. The van der Waals surface area contributed by atoms with Crippen molar-refractivity contribution in [3.05, 3.63) is 93.5 Å². The number of rotatable bonds is 3. The standard InChI is InChI=1S/C25H18IO3S/c1-15-3-10-22-19(13-15)20-14-16(2)4-11-23(20)30(22)18-7-5-17(6-8-18)28-25(27)21-9-12-24(26)29-21/h3-14H,1-2H3/q+1. The molecule has 0 fully saturated rings. The van der Waals surface area contributed by atoms with Crippen LogP contribution in [-0.2, 0) is 0 Å². The van der Waals surface area contributed by atoms with E-state index in [0.717, 1.165) is 0 Å². The summed E-state index contributed by atoms with van der Waals surface area (Å²) in [5.41, 5.74) is 2.53. The summed E-state index contributed by atoms with van der Waals surface area (Å²) >= 11 is 2.02. The first-order chi connectivity index (χ1) is 14.5. The van der Waals surface area contributed by atoms with Crippen LogP contribution in [0.2, 0.25) is 0 Å². The van der Waals surface area contributed by atoms with E-state index in [9.17, 15) is 4.79 Å². The van der Waals surface area contributed by atoms with E-state index in [4.69, 9.17) is 9.15 Å². The van der Waals surface area contributed by atoms with Crippen LogP contribution in [0.5, 0.6) is 5.75 Å². The molecule has 5 heteroatoms. The third-order valence-electron chi connectivity index (χ3n) is 5.04. The van der Waals surface area contributed by atoms with Crippen LogP contribution in [0.4, 0.5) is 0 Å². The maximum atomic E-state index is 12.2. The minimum Gasteiger partial charge on any atom is -0.443 e. The molecule has 3 aromatic carbocycles. The van der Waals surface area contributed by atoms with E-state index in [1.54, 1.807) is 12.1 Å². The molecule has 0 N–H and O–H groups in total. The van der Waals surface area contributed by atoms with Gasteiger partial charge in [-0.25, -0.2) is 4.79 Å². The maximum Gasteiger partial charge on any atom is 0.379 e. The van der Waals surface area contributed by atoms with Gasteiger partial charge >= 0.3 is 5.97 Å². The van der Waals surface area contributed by atoms with E-state index in [2.05, 4.69) is 62.4 Å². The normalized spacial score (nSPS) is 11.3. The lowest BCUT2D eigenvalue weighted by Gasteiger charge is -2.02. The van der Waals surface area contributed by atoms with Gasteiger partial charge in [0.1, 0.15) is 5.75 Å². The molecule has 2 aromatic heterocycles. The van der Waals surface area contributed by atoms with Crippen molar-refractivity contribution in [1.82, 2.24) is 0 Å². The molecule has 0 amide bonds. The molecule has 0 spiro atoms. The van der Waals surface area contributed by atoms with Crippen LogP contribution in [0.15, 0.2) is 77.2 Å². The fourth-order valence-electron chi connectivity index (χ4n) is 3.66. The Kier molecular flexibility index (Phi) is 4.87. The predicted molar refractivity (Wildman–Crippen MR) is 131 cm³/mol. The van der Waals surface area contributed by atoms with Gasteiger partial charge in [0, 0.05) is 33.4 Å². The summed E-state index contributed by atoms with van der Waals surface area (Å²) in [5, 5.41) is 2.64. The summed E-state index contributed by atoms with van der Waals surface area (Å²) in [5.74, 6) is 0.219. The smallest absolute Gasteiger partial charge is 0.379 e. The average molecular weight is 525 g/mol. The number of thiophene rings is 1. The lowest BCUT2D eigenvalue weighted by Crippen LogP contribution is -2.06. The molecule has 0 aliphatic heterocycles. The lowest BCUT2D eigenvalue weighted by atomic mass is 10.1. The molecule has 0 bridgehead atoms. The summed E-state index contributed by atoms with van der Waals surface area (Å²) in [6.45, 7) is 4.27. The van der Waals surface area contributed by atoms with Gasteiger partial charge in [-0.2, -0.15) is 0 Å². The van der Waals surface area contributed by atoms with Crippen LogP contribution in [0, 0.1) is 17.6 Å². The van der Waals surface area contributed by atoms with Crippen molar-refractivity contribution in [1.29, 1.82) is 0 Å². The number of ether oxygens (including phenoxy) is 1. The quantitative estimate of drug-likeness (QED) is 0.105. The zero-order chi connectivity index (χ0) is 20.8. The molecular formula is C25H18IO3S+. The highest BCUT2D eigenvalue weighted by Gasteiger charge is 2.24. The number of benzene rings is 3. The molecule has 0 aliphatic rings. The summed E-state index contributed by atoms with van der Waals surface area (Å²) in [7, 11) is -0.171. The van der Waals surface area contributed by atoms with E-state index < -0.39 is 5.97 Å². The average Bonchev–Trinajstić information content (AvgIpc) is 3.30.